The Morgan fingerprint density at radius 1 is 1.10 bits per heavy atom. The quantitative estimate of drug-likeness (QED) is 0.300. The Bertz CT molecular complexity index is 587. The van der Waals surface area contributed by atoms with Gasteiger partial charge in [-0.05, 0) is 50.9 Å². The van der Waals surface area contributed by atoms with Gasteiger partial charge in [-0.25, -0.2) is 0 Å². The molecule has 0 spiro atoms. The highest BCUT2D eigenvalue weighted by Crippen LogP contribution is 2.21. The van der Waals surface area contributed by atoms with Gasteiger partial charge in [-0.1, -0.05) is 19.1 Å². The zero-order valence-electron chi connectivity index (χ0n) is 18.8. The normalized spacial score (nSPS) is 17.9. The molecule has 1 fully saturated rings. The van der Waals surface area contributed by atoms with Gasteiger partial charge in [0.05, 0.1) is 13.7 Å². The van der Waals surface area contributed by atoms with E-state index < -0.39 is 0 Å². The summed E-state index contributed by atoms with van der Waals surface area (Å²) in [6, 6.07) is 8.85. The first kappa shape index (κ1) is 26.0. The molecule has 6 nitrogen and oxygen atoms in total. The predicted octanol–water partition coefficient (Wildman–Crippen LogP) is 3.00. The summed E-state index contributed by atoms with van der Waals surface area (Å²) in [5.74, 6) is 2.32. The number of piperazine rings is 1. The first-order chi connectivity index (χ1) is 13.5. The lowest BCUT2D eigenvalue weighted by Gasteiger charge is -2.35. The van der Waals surface area contributed by atoms with Gasteiger partial charge >= 0.3 is 0 Å². The zero-order valence-corrected chi connectivity index (χ0v) is 21.1. The van der Waals surface area contributed by atoms with E-state index in [0.717, 1.165) is 63.9 Å². The van der Waals surface area contributed by atoms with Crippen LogP contribution in [0.15, 0.2) is 29.3 Å². The number of nitrogens with zero attached hydrogens (tertiary/aromatic N) is 3. The molecule has 1 aliphatic heterocycles. The summed E-state index contributed by atoms with van der Waals surface area (Å²) >= 11 is 0. The second-order valence-corrected chi connectivity index (χ2v) is 7.80. The highest BCUT2D eigenvalue weighted by atomic mass is 127. The van der Waals surface area contributed by atoms with Gasteiger partial charge < -0.3 is 20.3 Å². The average Bonchev–Trinajstić information content (AvgIpc) is 2.72. The van der Waals surface area contributed by atoms with Crippen LogP contribution in [0.2, 0.25) is 0 Å². The Morgan fingerprint density at radius 3 is 2.34 bits per heavy atom. The molecule has 7 heteroatoms. The van der Waals surface area contributed by atoms with Crippen LogP contribution >= 0.6 is 24.0 Å². The molecule has 2 atom stereocenters. The van der Waals surface area contributed by atoms with Gasteiger partial charge in [-0.15, -0.1) is 24.0 Å². The van der Waals surface area contributed by atoms with Gasteiger partial charge in [-0.3, -0.25) is 9.89 Å². The molecule has 0 amide bonds. The van der Waals surface area contributed by atoms with E-state index in [1.165, 1.54) is 5.56 Å². The summed E-state index contributed by atoms with van der Waals surface area (Å²) in [7, 11) is 3.90. The van der Waals surface area contributed by atoms with Crippen molar-refractivity contribution in [2.45, 2.75) is 39.2 Å². The fourth-order valence-electron chi connectivity index (χ4n) is 3.45. The Balaban J connectivity index is 0.00000420. The third kappa shape index (κ3) is 9.09. The summed E-state index contributed by atoms with van der Waals surface area (Å²) in [5.41, 5.74) is 1.34. The van der Waals surface area contributed by atoms with Crippen molar-refractivity contribution in [1.29, 1.82) is 0 Å². The standard InChI is InChI=1S/C22H39N5O.HI/c1-6-23-22(25-17-19(3)27-15-13-26(4)14-16-27)24-12-11-18(2)20-7-9-21(28-5)10-8-20;/h7-10,18-19H,6,11-17H2,1-5H3,(H2,23,24,25);1H. The van der Waals surface area contributed by atoms with Crippen LogP contribution in [0.25, 0.3) is 0 Å². The van der Waals surface area contributed by atoms with Crippen LogP contribution in [0.1, 0.15) is 38.7 Å². The minimum atomic E-state index is 0. The fourth-order valence-corrected chi connectivity index (χ4v) is 3.45. The van der Waals surface area contributed by atoms with Crippen molar-refractivity contribution in [2.24, 2.45) is 4.99 Å². The molecule has 29 heavy (non-hydrogen) atoms. The van der Waals surface area contributed by atoms with Gasteiger partial charge in [0, 0.05) is 45.3 Å². The molecule has 1 saturated heterocycles. The molecule has 0 radical (unpaired) electrons. The van der Waals surface area contributed by atoms with Crippen LogP contribution in [-0.2, 0) is 0 Å². The van der Waals surface area contributed by atoms with E-state index in [1.807, 2.05) is 12.1 Å². The number of halogens is 1. The second-order valence-electron chi connectivity index (χ2n) is 7.80. The molecule has 0 aliphatic carbocycles. The molecule has 0 bridgehead atoms. The van der Waals surface area contributed by atoms with Crippen molar-refractivity contribution in [3.05, 3.63) is 29.8 Å². The monoisotopic (exact) mass is 517 g/mol. The molecule has 1 heterocycles. The number of likely N-dealkylation sites (N-methyl/N-ethyl adjacent to an activating group) is 1. The second kappa shape index (κ2) is 14.0. The van der Waals surface area contributed by atoms with E-state index in [0.29, 0.717) is 12.0 Å². The van der Waals surface area contributed by atoms with Crippen molar-refractivity contribution in [2.75, 3.05) is 60.0 Å². The van der Waals surface area contributed by atoms with Gasteiger partial charge in [0.1, 0.15) is 5.75 Å². The Morgan fingerprint density at radius 2 is 1.76 bits per heavy atom. The van der Waals surface area contributed by atoms with Crippen LogP contribution in [0, 0.1) is 0 Å². The van der Waals surface area contributed by atoms with Crippen molar-refractivity contribution >= 4 is 29.9 Å². The third-order valence-corrected chi connectivity index (χ3v) is 5.57. The predicted molar refractivity (Wildman–Crippen MR) is 134 cm³/mol. The lowest BCUT2D eigenvalue weighted by atomic mass is 9.98. The lowest BCUT2D eigenvalue weighted by Crippen LogP contribution is -2.49. The van der Waals surface area contributed by atoms with Crippen LogP contribution in [-0.4, -0.2) is 81.8 Å². The third-order valence-electron chi connectivity index (χ3n) is 5.57. The van der Waals surface area contributed by atoms with Crippen LogP contribution in [0.3, 0.4) is 0 Å². The summed E-state index contributed by atoms with van der Waals surface area (Å²) in [4.78, 5) is 9.75. The van der Waals surface area contributed by atoms with Gasteiger partial charge in [0.15, 0.2) is 5.96 Å². The van der Waals surface area contributed by atoms with Gasteiger partial charge in [0.2, 0.25) is 0 Å². The Kier molecular flexibility index (Phi) is 12.6. The van der Waals surface area contributed by atoms with E-state index in [2.05, 4.69) is 60.4 Å². The summed E-state index contributed by atoms with van der Waals surface area (Å²) in [6.07, 6.45) is 1.06. The number of guanidine groups is 1. The Hall–Kier alpha value is -1.06. The van der Waals surface area contributed by atoms with E-state index in [9.17, 15) is 0 Å². The summed E-state index contributed by atoms with van der Waals surface area (Å²) < 4.78 is 5.24. The number of benzene rings is 1. The number of methoxy groups -OCH3 is 1. The average molecular weight is 518 g/mol. The number of hydrogen-bond acceptors (Lipinski definition) is 4. The summed E-state index contributed by atoms with van der Waals surface area (Å²) in [5, 5.41) is 6.87. The molecule has 2 rings (SSSR count). The minimum absolute atomic E-state index is 0. The number of hydrogen-bond donors (Lipinski definition) is 2. The Labute approximate surface area is 194 Å². The molecule has 0 aromatic heterocycles. The molecule has 166 valence electrons. The molecule has 1 aromatic rings. The smallest absolute Gasteiger partial charge is 0.191 e. The zero-order chi connectivity index (χ0) is 20.4. The number of rotatable bonds is 9. The maximum atomic E-state index is 5.24. The highest BCUT2D eigenvalue weighted by molar-refractivity contribution is 14.0. The first-order valence-corrected chi connectivity index (χ1v) is 10.6. The van der Waals surface area contributed by atoms with Crippen molar-refractivity contribution in [1.82, 2.24) is 20.4 Å². The number of nitrogens with one attached hydrogen (secondary N) is 2. The molecule has 1 aromatic carbocycles. The van der Waals surface area contributed by atoms with E-state index in [-0.39, 0.29) is 24.0 Å². The van der Waals surface area contributed by atoms with Gasteiger partial charge in [0.25, 0.3) is 0 Å². The lowest BCUT2D eigenvalue weighted by molar-refractivity contribution is 0.122. The van der Waals surface area contributed by atoms with Gasteiger partial charge in [-0.2, -0.15) is 0 Å². The molecule has 1 aliphatic rings. The first-order valence-electron chi connectivity index (χ1n) is 10.6. The maximum absolute atomic E-state index is 5.24. The van der Waals surface area contributed by atoms with E-state index >= 15 is 0 Å². The van der Waals surface area contributed by atoms with Crippen molar-refractivity contribution in [3.63, 3.8) is 0 Å². The van der Waals surface area contributed by atoms with Crippen LogP contribution in [0.4, 0.5) is 0 Å². The molecule has 0 saturated carbocycles. The highest BCUT2D eigenvalue weighted by Gasteiger charge is 2.18. The van der Waals surface area contributed by atoms with Crippen LogP contribution in [0.5, 0.6) is 5.75 Å². The summed E-state index contributed by atoms with van der Waals surface area (Å²) in [6.45, 7) is 13.8. The van der Waals surface area contributed by atoms with Crippen molar-refractivity contribution in [3.8, 4) is 5.75 Å². The molecular formula is C22H40IN5O. The SMILES string of the molecule is CCNC(=NCC(C)N1CCN(C)CC1)NCCC(C)c1ccc(OC)cc1.I. The van der Waals surface area contributed by atoms with Crippen LogP contribution < -0.4 is 15.4 Å². The number of ether oxygens (including phenoxy) is 1. The minimum Gasteiger partial charge on any atom is -0.497 e. The topological polar surface area (TPSA) is 52.1 Å². The van der Waals surface area contributed by atoms with E-state index in [1.54, 1.807) is 7.11 Å². The molecular weight excluding hydrogens is 477 g/mol. The van der Waals surface area contributed by atoms with E-state index in [4.69, 9.17) is 9.73 Å². The number of aliphatic imine (C=N–C) groups is 1. The fraction of sp³-hybridized carbons (Fsp3) is 0.682. The molecule has 2 unspecified atom stereocenters. The van der Waals surface area contributed by atoms with Crippen molar-refractivity contribution < 1.29 is 4.74 Å². The largest absolute Gasteiger partial charge is 0.497 e. The maximum Gasteiger partial charge on any atom is 0.191 e. The molecule has 2 N–H and O–H groups in total.